The molecule has 7 nitrogen and oxygen atoms in total. The minimum Gasteiger partial charge on any atom is -0.339 e. The molecule has 1 spiro atoms. The Morgan fingerprint density at radius 1 is 1.06 bits per heavy atom. The van der Waals surface area contributed by atoms with Crippen molar-refractivity contribution in [2.75, 3.05) is 36.4 Å². The van der Waals surface area contributed by atoms with E-state index in [1.807, 2.05) is 60.4 Å². The van der Waals surface area contributed by atoms with Crippen LogP contribution in [0, 0.1) is 18.3 Å². The van der Waals surface area contributed by atoms with E-state index in [2.05, 4.69) is 10.6 Å². The number of likely N-dealkylation sites (tertiary alicyclic amines) is 1. The molecule has 1 aliphatic carbocycles. The summed E-state index contributed by atoms with van der Waals surface area (Å²) in [6, 6.07) is 15.0. The molecule has 1 unspecified atom stereocenters. The summed E-state index contributed by atoms with van der Waals surface area (Å²) in [4.78, 5) is 41.5. The third-order valence-electron chi connectivity index (χ3n) is 7.20. The van der Waals surface area contributed by atoms with Crippen molar-refractivity contribution in [1.29, 1.82) is 0 Å². The summed E-state index contributed by atoms with van der Waals surface area (Å²) in [7, 11) is 0. The highest BCUT2D eigenvalue weighted by Gasteiger charge is 2.58. The minimum atomic E-state index is -0.119. The number of urea groups is 1. The standard InChI is InChI=1S/C25H28N4O3/c1-17-7-8-18(15-21(17)29-14-11-26-24(29)32)23(31)28-12-9-25(10-13-28)16-20(25)22(30)27-19-5-3-2-4-6-19/h2-8,15,20H,9-14,16H2,1H3,(H,26,32)(H,27,30). The van der Waals surface area contributed by atoms with Gasteiger partial charge in [0.05, 0.1) is 0 Å². The molecular formula is C25H28N4O3. The first kappa shape index (κ1) is 20.5. The van der Waals surface area contributed by atoms with Crippen LogP contribution in [0.2, 0.25) is 0 Å². The molecule has 1 saturated carbocycles. The smallest absolute Gasteiger partial charge is 0.322 e. The first-order valence-electron chi connectivity index (χ1n) is 11.3. The van der Waals surface area contributed by atoms with Crippen LogP contribution in [0.1, 0.15) is 35.2 Å². The number of hydrogen-bond acceptors (Lipinski definition) is 3. The van der Waals surface area contributed by atoms with Crippen LogP contribution in [0.4, 0.5) is 16.2 Å². The van der Waals surface area contributed by atoms with Gasteiger partial charge in [0.15, 0.2) is 0 Å². The van der Waals surface area contributed by atoms with Crippen LogP contribution in [-0.2, 0) is 4.79 Å². The summed E-state index contributed by atoms with van der Waals surface area (Å²) in [6.07, 6.45) is 2.59. The lowest BCUT2D eigenvalue weighted by Gasteiger charge is -2.33. The predicted octanol–water partition coefficient (Wildman–Crippen LogP) is 3.41. The molecule has 1 atom stereocenters. The molecular weight excluding hydrogens is 404 g/mol. The van der Waals surface area contributed by atoms with Crippen molar-refractivity contribution in [2.45, 2.75) is 26.2 Å². The highest BCUT2D eigenvalue weighted by molar-refractivity contribution is 5.99. The van der Waals surface area contributed by atoms with Crippen LogP contribution in [0.15, 0.2) is 48.5 Å². The van der Waals surface area contributed by atoms with E-state index in [1.54, 1.807) is 4.90 Å². The molecule has 32 heavy (non-hydrogen) atoms. The van der Waals surface area contributed by atoms with Gasteiger partial charge in [0.1, 0.15) is 0 Å². The Hall–Kier alpha value is -3.35. The van der Waals surface area contributed by atoms with E-state index < -0.39 is 0 Å². The number of nitrogens with zero attached hydrogens (tertiary/aromatic N) is 2. The zero-order valence-corrected chi connectivity index (χ0v) is 18.3. The van der Waals surface area contributed by atoms with Gasteiger partial charge in [0, 0.05) is 49.0 Å². The average molecular weight is 433 g/mol. The highest BCUT2D eigenvalue weighted by Crippen LogP contribution is 2.59. The lowest BCUT2D eigenvalue weighted by atomic mass is 9.90. The second-order valence-corrected chi connectivity index (χ2v) is 9.15. The maximum absolute atomic E-state index is 13.2. The maximum atomic E-state index is 13.2. The van der Waals surface area contributed by atoms with Crippen LogP contribution in [-0.4, -0.2) is 48.9 Å². The van der Waals surface area contributed by atoms with Gasteiger partial charge in [-0.3, -0.25) is 14.5 Å². The molecule has 2 saturated heterocycles. The number of anilines is 2. The summed E-state index contributed by atoms with van der Waals surface area (Å²) in [5.74, 6) is 0.106. The molecule has 166 valence electrons. The monoisotopic (exact) mass is 432 g/mol. The number of piperidine rings is 1. The third kappa shape index (κ3) is 3.72. The molecule has 2 aromatic rings. The van der Waals surface area contributed by atoms with Crippen molar-refractivity contribution < 1.29 is 14.4 Å². The number of benzene rings is 2. The number of carbonyl (C=O) groups is 3. The predicted molar refractivity (Wildman–Crippen MR) is 123 cm³/mol. The quantitative estimate of drug-likeness (QED) is 0.777. The van der Waals surface area contributed by atoms with E-state index >= 15 is 0 Å². The normalized spacial score (nSPS) is 21.4. The Balaban J connectivity index is 1.21. The molecule has 3 aliphatic rings. The minimum absolute atomic E-state index is 0.00774. The average Bonchev–Trinajstić information content (AvgIpc) is 3.34. The van der Waals surface area contributed by atoms with Gasteiger partial charge < -0.3 is 15.5 Å². The number of hydrogen-bond donors (Lipinski definition) is 2. The van der Waals surface area contributed by atoms with Crippen LogP contribution < -0.4 is 15.5 Å². The SMILES string of the molecule is Cc1ccc(C(=O)N2CCC3(CC2)CC3C(=O)Nc2ccccc2)cc1N1CCNC1=O. The molecule has 5 rings (SSSR count). The second kappa shape index (κ2) is 7.97. The number of rotatable bonds is 4. The third-order valence-corrected chi connectivity index (χ3v) is 7.20. The van der Waals surface area contributed by atoms with E-state index in [0.717, 1.165) is 36.2 Å². The van der Waals surface area contributed by atoms with Crippen molar-refractivity contribution in [2.24, 2.45) is 11.3 Å². The summed E-state index contributed by atoms with van der Waals surface area (Å²) in [6.45, 7) is 4.48. The maximum Gasteiger partial charge on any atom is 0.322 e. The summed E-state index contributed by atoms with van der Waals surface area (Å²) in [5, 5.41) is 5.83. The van der Waals surface area contributed by atoms with E-state index in [9.17, 15) is 14.4 Å². The Morgan fingerprint density at radius 3 is 2.50 bits per heavy atom. The zero-order valence-electron chi connectivity index (χ0n) is 18.3. The largest absolute Gasteiger partial charge is 0.339 e. The fraction of sp³-hybridized carbons (Fsp3) is 0.400. The topological polar surface area (TPSA) is 81.8 Å². The zero-order chi connectivity index (χ0) is 22.3. The van der Waals surface area contributed by atoms with E-state index in [4.69, 9.17) is 0 Å². The Morgan fingerprint density at radius 2 is 1.81 bits per heavy atom. The van der Waals surface area contributed by atoms with Crippen LogP contribution >= 0.6 is 0 Å². The first-order valence-corrected chi connectivity index (χ1v) is 11.3. The molecule has 3 fully saturated rings. The van der Waals surface area contributed by atoms with Crippen LogP contribution in [0.5, 0.6) is 0 Å². The number of aryl methyl sites for hydroxylation is 1. The number of amides is 4. The Labute approximate surface area is 187 Å². The Kier molecular flexibility index (Phi) is 5.12. The van der Waals surface area contributed by atoms with Crippen molar-refractivity contribution in [3.8, 4) is 0 Å². The molecule has 0 aromatic heterocycles. The van der Waals surface area contributed by atoms with E-state index in [0.29, 0.717) is 31.7 Å². The van der Waals surface area contributed by atoms with E-state index in [1.165, 1.54) is 0 Å². The summed E-state index contributed by atoms with van der Waals surface area (Å²) in [5.41, 5.74) is 3.23. The van der Waals surface area contributed by atoms with Gasteiger partial charge in [-0.15, -0.1) is 0 Å². The fourth-order valence-electron chi connectivity index (χ4n) is 5.09. The number of carbonyl (C=O) groups excluding carboxylic acids is 3. The Bertz CT molecular complexity index is 1060. The number of para-hydroxylation sites is 1. The van der Waals surface area contributed by atoms with E-state index in [-0.39, 0.29) is 29.2 Å². The van der Waals surface area contributed by atoms with Crippen molar-refractivity contribution in [3.05, 3.63) is 59.7 Å². The molecule has 2 N–H and O–H groups in total. The highest BCUT2D eigenvalue weighted by atomic mass is 16.2. The molecule has 0 radical (unpaired) electrons. The molecule has 2 aliphatic heterocycles. The summed E-state index contributed by atoms with van der Waals surface area (Å²) < 4.78 is 0. The lowest BCUT2D eigenvalue weighted by Crippen LogP contribution is -2.40. The fourth-order valence-corrected chi connectivity index (χ4v) is 5.09. The molecule has 4 amide bonds. The van der Waals surface area contributed by atoms with Gasteiger partial charge in [0.2, 0.25) is 5.91 Å². The number of nitrogens with one attached hydrogen (secondary N) is 2. The second-order valence-electron chi connectivity index (χ2n) is 9.15. The summed E-state index contributed by atoms with van der Waals surface area (Å²) >= 11 is 0. The molecule has 7 heteroatoms. The molecule has 0 bridgehead atoms. The van der Waals surface area contributed by atoms with Crippen LogP contribution in [0.25, 0.3) is 0 Å². The van der Waals surface area contributed by atoms with Gasteiger partial charge in [-0.05, 0) is 61.4 Å². The van der Waals surface area contributed by atoms with Crippen molar-refractivity contribution in [1.82, 2.24) is 10.2 Å². The lowest BCUT2D eigenvalue weighted by molar-refractivity contribution is -0.118. The van der Waals surface area contributed by atoms with Gasteiger partial charge in [0.25, 0.3) is 5.91 Å². The van der Waals surface area contributed by atoms with Crippen molar-refractivity contribution in [3.63, 3.8) is 0 Å². The molecule has 2 heterocycles. The van der Waals surface area contributed by atoms with Gasteiger partial charge in [-0.1, -0.05) is 24.3 Å². The van der Waals surface area contributed by atoms with Gasteiger partial charge in [-0.25, -0.2) is 4.79 Å². The van der Waals surface area contributed by atoms with Crippen molar-refractivity contribution >= 4 is 29.2 Å². The van der Waals surface area contributed by atoms with Gasteiger partial charge in [-0.2, -0.15) is 0 Å². The first-order chi connectivity index (χ1) is 15.5. The van der Waals surface area contributed by atoms with Crippen LogP contribution in [0.3, 0.4) is 0 Å². The molecule has 2 aromatic carbocycles. The van der Waals surface area contributed by atoms with Gasteiger partial charge >= 0.3 is 6.03 Å².